The lowest BCUT2D eigenvalue weighted by atomic mass is 10.1. The highest BCUT2D eigenvalue weighted by molar-refractivity contribution is 6.03. The first kappa shape index (κ1) is 14.8. The molecule has 8 nitrogen and oxygen atoms in total. The third kappa shape index (κ3) is 2.34. The molecular formula is C16H18N4O4. The van der Waals surface area contributed by atoms with Crippen LogP contribution < -0.4 is 10.1 Å². The number of rotatable bonds is 3. The number of nitrogens with one attached hydrogen (secondary N) is 1. The van der Waals surface area contributed by atoms with E-state index in [9.17, 15) is 9.59 Å². The Labute approximate surface area is 139 Å². The summed E-state index contributed by atoms with van der Waals surface area (Å²) >= 11 is 0. The Morgan fingerprint density at radius 1 is 1.33 bits per heavy atom. The highest BCUT2D eigenvalue weighted by atomic mass is 16.6. The van der Waals surface area contributed by atoms with E-state index in [1.807, 2.05) is 31.2 Å². The number of amidine groups is 1. The topological polar surface area (TPSA) is 83.5 Å². The lowest BCUT2D eigenvalue weighted by Gasteiger charge is -2.34. The lowest BCUT2D eigenvalue weighted by molar-refractivity contribution is -0.127. The minimum absolute atomic E-state index is 0.207. The molecule has 1 N–H and O–H groups in total. The fraction of sp³-hybridized carbons (Fsp3) is 0.438. The number of fused-ring (bicyclic) bond motifs is 3. The van der Waals surface area contributed by atoms with Crippen molar-refractivity contribution in [3.63, 3.8) is 0 Å². The van der Waals surface area contributed by atoms with Crippen molar-refractivity contribution in [3.8, 4) is 5.75 Å². The van der Waals surface area contributed by atoms with Gasteiger partial charge in [0.05, 0.1) is 6.54 Å². The summed E-state index contributed by atoms with van der Waals surface area (Å²) in [5, 5.41) is 2.34. The summed E-state index contributed by atoms with van der Waals surface area (Å²) in [6.45, 7) is 2.89. The number of hydrogen-bond donors (Lipinski definition) is 1. The average molecular weight is 330 g/mol. The van der Waals surface area contributed by atoms with Crippen molar-refractivity contribution >= 4 is 18.0 Å². The summed E-state index contributed by atoms with van der Waals surface area (Å²) in [6, 6.07) is 7.22. The molecule has 1 aromatic rings. The molecule has 0 aliphatic carbocycles. The molecule has 1 aromatic carbocycles. The molecule has 8 heteroatoms. The van der Waals surface area contributed by atoms with E-state index in [4.69, 9.17) is 9.47 Å². The van der Waals surface area contributed by atoms with Crippen molar-refractivity contribution < 1.29 is 19.1 Å². The van der Waals surface area contributed by atoms with Gasteiger partial charge in [-0.2, -0.15) is 0 Å². The molecule has 24 heavy (non-hydrogen) atoms. The monoisotopic (exact) mass is 330 g/mol. The maximum absolute atomic E-state index is 12.1. The van der Waals surface area contributed by atoms with Crippen molar-refractivity contribution in [1.82, 2.24) is 15.1 Å². The number of imide groups is 1. The summed E-state index contributed by atoms with van der Waals surface area (Å²) < 4.78 is 11.5. The molecule has 0 bridgehead atoms. The molecule has 2 saturated heterocycles. The third-order valence-electron chi connectivity index (χ3n) is 4.45. The van der Waals surface area contributed by atoms with Crippen LogP contribution in [0.25, 0.3) is 0 Å². The lowest BCUT2D eigenvalue weighted by Crippen LogP contribution is -2.63. The van der Waals surface area contributed by atoms with Crippen molar-refractivity contribution in [2.75, 3.05) is 20.2 Å². The van der Waals surface area contributed by atoms with E-state index in [-0.39, 0.29) is 12.0 Å². The number of ether oxygens (including phenoxy) is 2. The SMILES string of the molecule is Cc1ccc(OCC2CN3C(=NC4C3C(=O)NC(=O)N4C)O2)cc1. The number of benzene rings is 1. The van der Waals surface area contributed by atoms with Gasteiger partial charge in [0.2, 0.25) is 0 Å². The van der Waals surface area contributed by atoms with Crippen LogP contribution in [0.2, 0.25) is 0 Å². The second-order valence-electron chi connectivity index (χ2n) is 6.19. The minimum Gasteiger partial charge on any atom is -0.490 e. The first-order chi connectivity index (χ1) is 11.5. The molecule has 3 aliphatic heterocycles. The van der Waals surface area contributed by atoms with E-state index in [1.54, 1.807) is 11.9 Å². The van der Waals surface area contributed by atoms with Gasteiger partial charge < -0.3 is 19.3 Å². The van der Waals surface area contributed by atoms with Crippen LogP contribution in [-0.4, -0.2) is 66.3 Å². The number of carbonyl (C=O) groups excluding carboxylic acids is 2. The maximum Gasteiger partial charge on any atom is 0.325 e. The molecular weight excluding hydrogens is 312 g/mol. The van der Waals surface area contributed by atoms with Crippen LogP contribution in [0, 0.1) is 6.92 Å². The van der Waals surface area contributed by atoms with Crippen molar-refractivity contribution in [3.05, 3.63) is 29.8 Å². The highest BCUT2D eigenvalue weighted by Crippen LogP contribution is 2.29. The Morgan fingerprint density at radius 2 is 2.08 bits per heavy atom. The third-order valence-corrected chi connectivity index (χ3v) is 4.45. The number of carbonyl (C=O) groups is 2. The Balaban J connectivity index is 1.42. The van der Waals surface area contributed by atoms with Crippen LogP contribution in [-0.2, 0) is 9.53 Å². The Kier molecular flexibility index (Phi) is 3.33. The van der Waals surface area contributed by atoms with Gasteiger partial charge in [0, 0.05) is 7.05 Å². The van der Waals surface area contributed by atoms with Crippen LogP contribution in [0.15, 0.2) is 29.3 Å². The number of aryl methyl sites for hydroxylation is 1. The Bertz CT molecular complexity index is 717. The van der Waals surface area contributed by atoms with Gasteiger partial charge in [-0.05, 0) is 19.1 Å². The fourth-order valence-corrected chi connectivity index (χ4v) is 3.11. The van der Waals surface area contributed by atoms with Gasteiger partial charge in [0.25, 0.3) is 11.9 Å². The van der Waals surface area contributed by atoms with E-state index in [2.05, 4.69) is 10.3 Å². The molecule has 0 radical (unpaired) electrons. The van der Waals surface area contributed by atoms with E-state index in [1.165, 1.54) is 10.5 Å². The van der Waals surface area contributed by atoms with E-state index >= 15 is 0 Å². The largest absolute Gasteiger partial charge is 0.490 e. The second kappa shape index (κ2) is 5.40. The van der Waals surface area contributed by atoms with Gasteiger partial charge in [0.15, 0.2) is 18.3 Å². The predicted octanol–water partition coefficient (Wildman–Crippen LogP) is 0.321. The molecule has 3 amide bonds. The van der Waals surface area contributed by atoms with Crippen molar-refractivity contribution in [2.24, 2.45) is 4.99 Å². The van der Waals surface area contributed by atoms with Crippen LogP contribution >= 0.6 is 0 Å². The first-order valence-corrected chi connectivity index (χ1v) is 7.81. The molecule has 3 heterocycles. The van der Waals surface area contributed by atoms with Gasteiger partial charge in [-0.3, -0.25) is 10.1 Å². The molecule has 4 rings (SSSR count). The maximum atomic E-state index is 12.1. The van der Waals surface area contributed by atoms with Crippen LogP contribution in [0.4, 0.5) is 4.79 Å². The van der Waals surface area contributed by atoms with Gasteiger partial charge >= 0.3 is 6.03 Å². The zero-order chi connectivity index (χ0) is 16.8. The van der Waals surface area contributed by atoms with Crippen molar-refractivity contribution in [1.29, 1.82) is 0 Å². The second-order valence-corrected chi connectivity index (χ2v) is 6.19. The zero-order valence-corrected chi connectivity index (χ0v) is 13.4. The normalized spacial score (nSPS) is 28.1. The summed E-state index contributed by atoms with van der Waals surface area (Å²) in [5.41, 5.74) is 1.17. The molecule has 0 saturated carbocycles. The molecule has 2 fully saturated rings. The summed E-state index contributed by atoms with van der Waals surface area (Å²) in [4.78, 5) is 31.4. The van der Waals surface area contributed by atoms with E-state index in [0.29, 0.717) is 19.2 Å². The molecule has 3 aliphatic rings. The average Bonchev–Trinajstić information content (AvgIpc) is 3.09. The molecule has 3 atom stereocenters. The van der Waals surface area contributed by atoms with Gasteiger partial charge in [-0.1, -0.05) is 17.7 Å². The van der Waals surface area contributed by atoms with Gasteiger partial charge in [-0.25, -0.2) is 9.79 Å². The van der Waals surface area contributed by atoms with E-state index < -0.39 is 18.2 Å². The fourth-order valence-electron chi connectivity index (χ4n) is 3.11. The standard InChI is InChI=1S/C16H18N4O4/c1-9-3-5-10(6-4-9)23-8-11-7-20-12-13(17-16(20)24-11)19(2)15(22)18-14(12)21/h3-6,11-13H,7-8H2,1-2H3,(H,18,21,22). The van der Waals surface area contributed by atoms with Crippen LogP contribution in [0.5, 0.6) is 5.75 Å². The summed E-state index contributed by atoms with van der Waals surface area (Å²) in [5.74, 6) is 0.433. The summed E-state index contributed by atoms with van der Waals surface area (Å²) in [7, 11) is 1.61. The van der Waals surface area contributed by atoms with Gasteiger partial charge in [-0.15, -0.1) is 0 Å². The van der Waals surface area contributed by atoms with Crippen LogP contribution in [0.3, 0.4) is 0 Å². The number of hydrogen-bond acceptors (Lipinski definition) is 6. The van der Waals surface area contributed by atoms with Gasteiger partial charge in [0.1, 0.15) is 12.4 Å². The quantitative estimate of drug-likeness (QED) is 0.863. The molecule has 126 valence electrons. The highest BCUT2D eigenvalue weighted by Gasteiger charge is 2.52. The van der Waals surface area contributed by atoms with Crippen molar-refractivity contribution in [2.45, 2.75) is 25.2 Å². The molecule has 0 aromatic heterocycles. The number of nitrogens with zero attached hydrogens (tertiary/aromatic N) is 3. The Hall–Kier alpha value is -2.77. The molecule has 0 spiro atoms. The predicted molar refractivity (Wildman–Crippen MR) is 84.6 cm³/mol. The zero-order valence-electron chi connectivity index (χ0n) is 13.4. The number of aliphatic imine (C=N–C) groups is 1. The molecule has 3 unspecified atom stereocenters. The number of amides is 3. The summed E-state index contributed by atoms with van der Waals surface area (Å²) in [6.07, 6.45) is -0.734. The number of likely N-dealkylation sites (N-methyl/N-ethyl adjacent to an activating group) is 1. The van der Waals surface area contributed by atoms with E-state index in [0.717, 1.165) is 5.75 Å². The number of urea groups is 1. The minimum atomic E-state index is -0.535. The first-order valence-electron chi connectivity index (χ1n) is 7.81. The smallest absolute Gasteiger partial charge is 0.325 e. The Morgan fingerprint density at radius 3 is 2.83 bits per heavy atom. The van der Waals surface area contributed by atoms with Crippen LogP contribution in [0.1, 0.15) is 5.56 Å².